The summed E-state index contributed by atoms with van der Waals surface area (Å²) in [4.78, 5) is 12.3. The molecule has 0 amide bonds. The van der Waals surface area contributed by atoms with Gasteiger partial charge in [0.15, 0.2) is 5.78 Å². The number of hydrogen-bond acceptors (Lipinski definition) is 4. The van der Waals surface area contributed by atoms with Crippen molar-refractivity contribution in [3.05, 3.63) is 77.7 Å². The molecule has 3 rings (SSSR count). The molecule has 1 heterocycles. The van der Waals surface area contributed by atoms with E-state index in [0.29, 0.717) is 11.3 Å². The third kappa shape index (κ3) is 3.49. The number of rotatable bonds is 6. The zero-order chi connectivity index (χ0) is 17.8. The first kappa shape index (κ1) is 17.0. The number of para-hydroxylation sites is 1. The molecule has 0 bridgehead atoms. The Morgan fingerprint density at radius 3 is 2.44 bits per heavy atom. The average molecular weight is 349 g/mol. The van der Waals surface area contributed by atoms with Crippen molar-refractivity contribution in [2.45, 2.75) is 6.92 Å². The smallest absolute Gasteiger partial charge is 0.163 e. The molecular formula is C21H19NO2S. The van der Waals surface area contributed by atoms with Crippen LogP contribution in [0.5, 0.6) is 5.75 Å². The summed E-state index contributed by atoms with van der Waals surface area (Å²) in [5.41, 5.74) is 4.22. The SMILES string of the molecule is C=C(Nc1scc(-c2ccccc2)c1C(C)=O)c1ccccc1OC. The van der Waals surface area contributed by atoms with Gasteiger partial charge in [0.2, 0.25) is 0 Å². The molecule has 0 aliphatic heterocycles. The third-order valence-corrected chi connectivity index (χ3v) is 4.82. The van der Waals surface area contributed by atoms with Crippen LogP contribution >= 0.6 is 11.3 Å². The fourth-order valence-electron chi connectivity index (χ4n) is 2.73. The highest BCUT2D eigenvalue weighted by Gasteiger charge is 2.18. The van der Waals surface area contributed by atoms with Crippen LogP contribution in [-0.4, -0.2) is 12.9 Å². The van der Waals surface area contributed by atoms with Crippen molar-refractivity contribution >= 4 is 27.8 Å². The van der Waals surface area contributed by atoms with Crippen LogP contribution in [-0.2, 0) is 0 Å². The van der Waals surface area contributed by atoms with Crippen LogP contribution < -0.4 is 10.1 Å². The fourth-order valence-corrected chi connectivity index (χ4v) is 3.77. The number of Topliss-reactive ketones (excluding diaryl/α,β-unsaturated/α-hetero) is 1. The number of anilines is 1. The number of carbonyl (C=O) groups is 1. The molecule has 0 atom stereocenters. The summed E-state index contributed by atoms with van der Waals surface area (Å²) in [6.45, 7) is 5.70. The zero-order valence-electron chi connectivity index (χ0n) is 14.2. The molecule has 3 nitrogen and oxygen atoms in total. The van der Waals surface area contributed by atoms with E-state index in [9.17, 15) is 4.79 Å². The molecule has 2 aromatic carbocycles. The van der Waals surface area contributed by atoms with Crippen molar-refractivity contribution in [1.29, 1.82) is 0 Å². The Hall–Kier alpha value is -2.85. The van der Waals surface area contributed by atoms with Crippen molar-refractivity contribution < 1.29 is 9.53 Å². The Morgan fingerprint density at radius 1 is 1.08 bits per heavy atom. The molecule has 0 aliphatic rings. The van der Waals surface area contributed by atoms with Crippen molar-refractivity contribution in [2.24, 2.45) is 0 Å². The van der Waals surface area contributed by atoms with Crippen LogP contribution in [0.15, 0.2) is 66.6 Å². The summed E-state index contributed by atoms with van der Waals surface area (Å²) in [7, 11) is 1.63. The maximum atomic E-state index is 12.3. The zero-order valence-corrected chi connectivity index (χ0v) is 15.0. The number of thiophene rings is 1. The van der Waals surface area contributed by atoms with Crippen molar-refractivity contribution in [3.63, 3.8) is 0 Å². The minimum atomic E-state index is 0.0235. The molecule has 4 heteroatoms. The minimum absolute atomic E-state index is 0.0235. The summed E-state index contributed by atoms with van der Waals surface area (Å²) in [5, 5.41) is 6.09. The number of ether oxygens (including phenoxy) is 1. The lowest BCUT2D eigenvalue weighted by atomic mass is 10.0. The maximum absolute atomic E-state index is 12.3. The van der Waals surface area contributed by atoms with Gasteiger partial charge in [0.1, 0.15) is 10.8 Å². The highest BCUT2D eigenvalue weighted by molar-refractivity contribution is 7.15. The normalized spacial score (nSPS) is 10.3. The fraction of sp³-hybridized carbons (Fsp3) is 0.0952. The Kier molecular flexibility index (Phi) is 5.00. The highest BCUT2D eigenvalue weighted by atomic mass is 32.1. The van der Waals surface area contributed by atoms with Crippen LogP contribution in [0.4, 0.5) is 5.00 Å². The molecule has 0 aliphatic carbocycles. The van der Waals surface area contributed by atoms with Crippen molar-refractivity contribution in [2.75, 3.05) is 12.4 Å². The van der Waals surface area contributed by atoms with E-state index in [1.807, 2.05) is 60.0 Å². The van der Waals surface area contributed by atoms with Gasteiger partial charge < -0.3 is 10.1 Å². The number of methoxy groups -OCH3 is 1. The lowest BCUT2D eigenvalue weighted by molar-refractivity contribution is 0.101. The Labute approximate surface area is 151 Å². The minimum Gasteiger partial charge on any atom is -0.496 e. The predicted molar refractivity (Wildman–Crippen MR) is 105 cm³/mol. The van der Waals surface area contributed by atoms with Crippen LogP contribution in [0.2, 0.25) is 0 Å². The third-order valence-electron chi connectivity index (χ3n) is 3.92. The van der Waals surface area contributed by atoms with Gasteiger partial charge in [-0.25, -0.2) is 0 Å². The van der Waals surface area contributed by atoms with E-state index in [2.05, 4.69) is 11.9 Å². The Morgan fingerprint density at radius 2 is 1.76 bits per heavy atom. The average Bonchev–Trinajstić information content (AvgIpc) is 3.06. The first-order valence-electron chi connectivity index (χ1n) is 7.89. The van der Waals surface area contributed by atoms with Gasteiger partial charge >= 0.3 is 0 Å². The van der Waals surface area contributed by atoms with Gasteiger partial charge in [0.25, 0.3) is 0 Å². The highest BCUT2D eigenvalue weighted by Crippen LogP contribution is 2.38. The molecule has 1 aromatic heterocycles. The molecule has 0 unspecified atom stereocenters. The van der Waals surface area contributed by atoms with Crippen LogP contribution in [0.25, 0.3) is 16.8 Å². The van der Waals surface area contributed by atoms with E-state index >= 15 is 0 Å². The molecule has 0 fully saturated rings. The molecule has 3 aromatic rings. The number of carbonyl (C=O) groups excluding carboxylic acids is 1. The number of nitrogens with one attached hydrogen (secondary N) is 1. The van der Waals surface area contributed by atoms with E-state index < -0.39 is 0 Å². The molecule has 126 valence electrons. The molecule has 0 saturated carbocycles. The number of benzene rings is 2. The standard InChI is InChI=1S/C21H19NO2S/c1-14(17-11-7-8-12-19(17)24-3)22-21-20(15(2)23)18(13-25-21)16-9-5-4-6-10-16/h4-13,22H,1H2,2-3H3. The van der Waals surface area contributed by atoms with E-state index in [1.54, 1.807) is 14.0 Å². The summed E-state index contributed by atoms with van der Waals surface area (Å²) >= 11 is 1.50. The molecule has 0 saturated heterocycles. The molecule has 0 spiro atoms. The van der Waals surface area contributed by atoms with Gasteiger partial charge in [0.05, 0.1) is 12.7 Å². The summed E-state index contributed by atoms with van der Waals surface area (Å²) in [6, 6.07) is 17.6. The quantitative estimate of drug-likeness (QED) is 0.579. The van der Waals surface area contributed by atoms with Gasteiger partial charge in [-0.05, 0) is 24.6 Å². The molecular weight excluding hydrogens is 330 g/mol. The van der Waals surface area contributed by atoms with Crippen LogP contribution in [0, 0.1) is 0 Å². The molecule has 1 N–H and O–H groups in total. The number of hydrogen-bond donors (Lipinski definition) is 1. The van der Waals surface area contributed by atoms with Crippen LogP contribution in [0.3, 0.4) is 0 Å². The van der Waals surface area contributed by atoms with Gasteiger partial charge in [-0.15, -0.1) is 11.3 Å². The van der Waals surface area contributed by atoms with Crippen molar-refractivity contribution in [3.8, 4) is 16.9 Å². The van der Waals surface area contributed by atoms with Gasteiger partial charge in [0, 0.05) is 22.2 Å². The van der Waals surface area contributed by atoms with E-state index in [1.165, 1.54) is 11.3 Å². The lowest BCUT2D eigenvalue weighted by Crippen LogP contribution is -2.03. The van der Waals surface area contributed by atoms with Gasteiger partial charge in [-0.3, -0.25) is 4.79 Å². The largest absolute Gasteiger partial charge is 0.496 e. The van der Waals surface area contributed by atoms with E-state index in [0.717, 1.165) is 27.4 Å². The topological polar surface area (TPSA) is 38.3 Å². The maximum Gasteiger partial charge on any atom is 0.163 e. The second-order valence-corrected chi connectivity index (χ2v) is 6.46. The first-order valence-corrected chi connectivity index (χ1v) is 8.77. The van der Waals surface area contributed by atoms with E-state index in [4.69, 9.17) is 4.74 Å². The van der Waals surface area contributed by atoms with E-state index in [-0.39, 0.29) is 5.78 Å². The predicted octanol–water partition coefficient (Wildman–Crippen LogP) is 5.71. The Balaban J connectivity index is 1.97. The molecule has 25 heavy (non-hydrogen) atoms. The van der Waals surface area contributed by atoms with Crippen LogP contribution in [0.1, 0.15) is 22.8 Å². The Bertz CT molecular complexity index is 913. The molecule has 0 radical (unpaired) electrons. The second-order valence-electron chi connectivity index (χ2n) is 5.58. The number of ketones is 1. The summed E-state index contributed by atoms with van der Waals surface area (Å²) in [6.07, 6.45) is 0. The first-order chi connectivity index (χ1) is 12.1. The van der Waals surface area contributed by atoms with Gasteiger partial charge in [-0.1, -0.05) is 49.0 Å². The monoisotopic (exact) mass is 349 g/mol. The summed E-state index contributed by atoms with van der Waals surface area (Å²) < 4.78 is 5.39. The summed E-state index contributed by atoms with van der Waals surface area (Å²) in [5.74, 6) is 0.764. The second kappa shape index (κ2) is 7.36. The lowest BCUT2D eigenvalue weighted by Gasteiger charge is -2.13. The van der Waals surface area contributed by atoms with Gasteiger partial charge in [-0.2, -0.15) is 0 Å². The van der Waals surface area contributed by atoms with Crippen molar-refractivity contribution in [1.82, 2.24) is 0 Å².